The number of para-hydroxylation sites is 1. The van der Waals surface area contributed by atoms with Crippen LogP contribution in [-0.2, 0) is 4.74 Å². The van der Waals surface area contributed by atoms with E-state index in [4.69, 9.17) is 9.47 Å². The normalized spacial score (nSPS) is 10.7. The quantitative estimate of drug-likeness (QED) is 0.492. The van der Waals surface area contributed by atoms with Gasteiger partial charge in [0.05, 0.1) is 11.3 Å². The molecule has 1 aromatic carbocycles. The molecule has 0 fully saturated rings. The molecule has 0 N–H and O–H groups in total. The van der Waals surface area contributed by atoms with Gasteiger partial charge in [0, 0.05) is 11.9 Å². The highest BCUT2D eigenvalue weighted by Crippen LogP contribution is 2.22. The summed E-state index contributed by atoms with van der Waals surface area (Å²) in [6.45, 7) is 8.34. The van der Waals surface area contributed by atoms with E-state index in [1.807, 2.05) is 52.0 Å². The molecule has 0 aliphatic heterocycles. The molecule has 6 heteroatoms. The fraction of sp³-hybridized carbons (Fsp3) is 0.286. The summed E-state index contributed by atoms with van der Waals surface area (Å²) in [6, 6.07) is 11.4. The Balaban J connectivity index is 1.55. The van der Waals surface area contributed by atoms with Gasteiger partial charge in [0.25, 0.3) is 0 Å². The molecule has 0 amide bonds. The molecular weight excluding hydrogens is 342 g/mol. The highest BCUT2D eigenvalue weighted by molar-refractivity contribution is 5.89. The molecule has 0 aliphatic rings. The Kier molecular flexibility index (Phi) is 5.54. The molecule has 0 unspecified atom stereocenters. The zero-order valence-electron chi connectivity index (χ0n) is 16.0. The minimum atomic E-state index is -0.424. The Morgan fingerprint density at radius 1 is 1.04 bits per heavy atom. The minimum absolute atomic E-state index is 0.172. The number of ether oxygens (including phenoxy) is 2. The van der Waals surface area contributed by atoms with Crippen molar-refractivity contribution in [3.63, 3.8) is 0 Å². The average Bonchev–Trinajstić information content (AvgIpc) is 2.99. The van der Waals surface area contributed by atoms with Crippen molar-refractivity contribution in [3.8, 4) is 11.6 Å². The van der Waals surface area contributed by atoms with Crippen molar-refractivity contribution < 1.29 is 14.3 Å². The molecule has 0 saturated carbocycles. The molecule has 2 aromatic heterocycles. The summed E-state index contributed by atoms with van der Waals surface area (Å²) in [5.41, 5.74) is 4.42. The Labute approximate surface area is 158 Å². The maximum Gasteiger partial charge on any atom is 0.339 e. The summed E-state index contributed by atoms with van der Waals surface area (Å²) in [5, 5.41) is 4.38. The lowest BCUT2D eigenvalue weighted by molar-refractivity contribution is 0.0449. The molecule has 6 nitrogen and oxygen atoms in total. The number of aromatic nitrogens is 3. The monoisotopic (exact) mass is 365 g/mol. The predicted octanol–water partition coefficient (Wildman–Crippen LogP) is 3.74. The molecule has 3 rings (SSSR count). The SMILES string of the molecule is Cc1cc(C)n(-c2ccc(C(=O)OCCOc3c(C)cccc3C)cn2)n1. The van der Waals surface area contributed by atoms with E-state index in [2.05, 4.69) is 10.1 Å². The number of rotatable bonds is 6. The number of hydrogen-bond donors (Lipinski definition) is 0. The Bertz CT molecular complexity index is 926. The number of benzene rings is 1. The summed E-state index contributed by atoms with van der Waals surface area (Å²) < 4.78 is 12.8. The van der Waals surface area contributed by atoms with Gasteiger partial charge in [0.1, 0.15) is 19.0 Å². The fourth-order valence-electron chi connectivity index (χ4n) is 2.88. The third-order valence-electron chi connectivity index (χ3n) is 4.18. The van der Waals surface area contributed by atoms with Gasteiger partial charge in [0.2, 0.25) is 0 Å². The molecule has 27 heavy (non-hydrogen) atoms. The van der Waals surface area contributed by atoms with Crippen LogP contribution in [0, 0.1) is 27.7 Å². The molecule has 0 saturated heterocycles. The number of hydrogen-bond acceptors (Lipinski definition) is 5. The zero-order valence-corrected chi connectivity index (χ0v) is 16.0. The van der Waals surface area contributed by atoms with Crippen LogP contribution in [0.1, 0.15) is 32.9 Å². The standard InChI is InChI=1S/C21H23N3O3/c1-14-6-5-7-15(2)20(14)26-10-11-27-21(25)18-8-9-19(22-13-18)24-17(4)12-16(3)23-24/h5-9,12-13H,10-11H2,1-4H3. The molecule has 0 bridgehead atoms. The van der Waals surface area contributed by atoms with Gasteiger partial charge in [0.15, 0.2) is 5.82 Å². The number of pyridine rings is 1. The van der Waals surface area contributed by atoms with E-state index in [-0.39, 0.29) is 6.61 Å². The summed E-state index contributed by atoms with van der Waals surface area (Å²) in [6.07, 6.45) is 1.50. The Morgan fingerprint density at radius 3 is 2.37 bits per heavy atom. The summed E-state index contributed by atoms with van der Waals surface area (Å²) in [7, 11) is 0. The van der Waals surface area contributed by atoms with Crippen LogP contribution < -0.4 is 4.74 Å². The second kappa shape index (κ2) is 8.03. The summed E-state index contributed by atoms with van der Waals surface area (Å²) in [4.78, 5) is 16.5. The van der Waals surface area contributed by atoms with Gasteiger partial charge in [-0.25, -0.2) is 14.5 Å². The number of nitrogens with zero attached hydrogens (tertiary/aromatic N) is 3. The minimum Gasteiger partial charge on any atom is -0.489 e. The summed E-state index contributed by atoms with van der Waals surface area (Å²) >= 11 is 0. The van der Waals surface area contributed by atoms with Crippen LogP contribution in [0.2, 0.25) is 0 Å². The molecule has 0 aliphatic carbocycles. The van der Waals surface area contributed by atoms with Gasteiger partial charge in [-0.1, -0.05) is 18.2 Å². The first-order valence-electron chi connectivity index (χ1n) is 8.81. The van der Waals surface area contributed by atoms with Crippen LogP contribution in [0.3, 0.4) is 0 Å². The molecular formula is C21H23N3O3. The van der Waals surface area contributed by atoms with E-state index in [0.717, 1.165) is 28.3 Å². The highest BCUT2D eigenvalue weighted by atomic mass is 16.6. The van der Waals surface area contributed by atoms with E-state index in [1.165, 1.54) is 6.20 Å². The first kappa shape index (κ1) is 18.6. The van der Waals surface area contributed by atoms with Gasteiger partial charge in [-0.15, -0.1) is 0 Å². The van der Waals surface area contributed by atoms with Gasteiger partial charge in [-0.05, 0) is 57.0 Å². The van der Waals surface area contributed by atoms with Crippen molar-refractivity contribution in [1.82, 2.24) is 14.8 Å². The van der Waals surface area contributed by atoms with Crippen LogP contribution in [0.25, 0.3) is 5.82 Å². The van der Waals surface area contributed by atoms with E-state index >= 15 is 0 Å². The Morgan fingerprint density at radius 2 is 1.78 bits per heavy atom. The van der Waals surface area contributed by atoms with Crippen molar-refractivity contribution >= 4 is 5.97 Å². The summed E-state index contributed by atoms with van der Waals surface area (Å²) in [5.74, 6) is 1.08. The molecule has 0 atom stereocenters. The number of carbonyl (C=O) groups excluding carboxylic acids is 1. The van der Waals surface area contributed by atoms with Crippen molar-refractivity contribution in [2.75, 3.05) is 13.2 Å². The van der Waals surface area contributed by atoms with Crippen molar-refractivity contribution in [2.45, 2.75) is 27.7 Å². The third-order valence-corrected chi connectivity index (χ3v) is 4.18. The van der Waals surface area contributed by atoms with Crippen molar-refractivity contribution in [2.24, 2.45) is 0 Å². The lowest BCUT2D eigenvalue weighted by Gasteiger charge is -2.12. The molecule has 140 valence electrons. The first-order chi connectivity index (χ1) is 13.0. The second-order valence-corrected chi connectivity index (χ2v) is 6.45. The smallest absolute Gasteiger partial charge is 0.339 e. The molecule has 0 radical (unpaired) electrons. The lowest BCUT2D eigenvalue weighted by Crippen LogP contribution is -2.13. The topological polar surface area (TPSA) is 66.2 Å². The van der Waals surface area contributed by atoms with Crippen LogP contribution in [0.5, 0.6) is 5.75 Å². The molecule has 0 spiro atoms. The zero-order chi connectivity index (χ0) is 19.4. The van der Waals surface area contributed by atoms with E-state index in [9.17, 15) is 4.79 Å². The van der Waals surface area contributed by atoms with E-state index in [0.29, 0.717) is 18.0 Å². The maximum atomic E-state index is 12.2. The largest absolute Gasteiger partial charge is 0.489 e. The van der Waals surface area contributed by atoms with Crippen LogP contribution in [-0.4, -0.2) is 33.9 Å². The van der Waals surface area contributed by atoms with Gasteiger partial charge in [-0.2, -0.15) is 5.10 Å². The van der Waals surface area contributed by atoms with E-state index in [1.54, 1.807) is 16.8 Å². The predicted molar refractivity (Wildman–Crippen MR) is 103 cm³/mol. The maximum absolute atomic E-state index is 12.2. The van der Waals surface area contributed by atoms with Crippen molar-refractivity contribution in [3.05, 3.63) is 70.7 Å². The van der Waals surface area contributed by atoms with E-state index < -0.39 is 5.97 Å². The van der Waals surface area contributed by atoms with Crippen LogP contribution in [0.15, 0.2) is 42.6 Å². The highest BCUT2D eigenvalue weighted by Gasteiger charge is 2.10. The van der Waals surface area contributed by atoms with Crippen molar-refractivity contribution in [1.29, 1.82) is 0 Å². The van der Waals surface area contributed by atoms with Gasteiger partial charge >= 0.3 is 5.97 Å². The fourth-order valence-corrected chi connectivity index (χ4v) is 2.88. The number of carbonyl (C=O) groups is 1. The number of esters is 1. The lowest BCUT2D eigenvalue weighted by atomic mass is 10.1. The van der Waals surface area contributed by atoms with Gasteiger partial charge in [-0.3, -0.25) is 0 Å². The average molecular weight is 365 g/mol. The number of aryl methyl sites for hydroxylation is 4. The molecule has 3 aromatic rings. The van der Waals surface area contributed by atoms with Gasteiger partial charge < -0.3 is 9.47 Å². The van der Waals surface area contributed by atoms with Crippen LogP contribution in [0.4, 0.5) is 0 Å². The second-order valence-electron chi connectivity index (χ2n) is 6.45. The first-order valence-corrected chi connectivity index (χ1v) is 8.81. The Hall–Kier alpha value is -3.15. The molecule has 2 heterocycles. The van der Waals surface area contributed by atoms with Crippen LogP contribution >= 0.6 is 0 Å². The third kappa shape index (κ3) is 4.34.